The maximum atomic E-state index is 10.8. The average Bonchev–Trinajstić information content (AvgIpc) is 2.66. The van der Waals surface area contributed by atoms with E-state index in [9.17, 15) is 10.1 Å². The van der Waals surface area contributed by atoms with Crippen molar-refractivity contribution < 1.29 is 9.66 Å². The van der Waals surface area contributed by atoms with Crippen LogP contribution in [0.1, 0.15) is 6.92 Å². The average molecular weight is 207 g/mol. The first kappa shape index (κ1) is 9.45. The fraction of sp³-hybridized carbons (Fsp3) is 0.222. The van der Waals surface area contributed by atoms with Gasteiger partial charge < -0.3 is 4.74 Å². The normalized spacial score (nSPS) is 10.5. The Morgan fingerprint density at radius 1 is 1.60 bits per heavy atom. The van der Waals surface area contributed by atoms with Crippen molar-refractivity contribution in [3.8, 4) is 5.75 Å². The van der Waals surface area contributed by atoms with Crippen molar-refractivity contribution in [1.29, 1.82) is 0 Å². The maximum absolute atomic E-state index is 10.8. The molecular formula is C9H9N3O3. The third-order valence-electron chi connectivity index (χ3n) is 2.04. The topological polar surface area (TPSA) is 81.0 Å². The van der Waals surface area contributed by atoms with Gasteiger partial charge in [-0.1, -0.05) is 0 Å². The number of hydrogen-bond donors (Lipinski definition) is 1. The molecule has 1 heterocycles. The molecule has 1 aromatic heterocycles. The summed E-state index contributed by atoms with van der Waals surface area (Å²) in [6.45, 7) is 2.16. The molecule has 0 aliphatic rings. The summed E-state index contributed by atoms with van der Waals surface area (Å²) in [5.74, 6) is 0.272. The summed E-state index contributed by atoms with van der Waals surface area (Å²) in [6, 6.07) is 3.02. The Kier molecular flexibility index (Phi) is 2.24. The van der Waals surface area contributed by atoms with E-state index in [2.05, 4.69) is 10.2 Å². The van der Waals surface area contributed by atoms with Crippen molar-refractivity contribution in [3.05, 3.63) is 28.4 Å². The van der Waals surface area contributed by atoms with E-state index < -0.39 is 4.92 Å². The number of rotatable bonds is 3. The molecule has 0 atom stereocenters. The number of nitrogens with zero attached hydrogens (tertiary/aromatic N) is 2. The second kappa shape index (κ2) is 3.56. The van der Waals surface area contributed by atoms with Crippen molar-refractivity contribution in [2.24, 2.45) is 0 Å². The standard InChI is InChI=1S/C9H9N3O3/c1-2-15-9-6-5-10-11-7(6)3-4-8(9)12(13)14/h3-5H,2H2,1H3,(H,10,11). The zero-order chi connectivity index (χ0) is 10.8. The molecule has 0 saturated carbocycles. The smallest absolute Gasteiger partial charge is 0.311 e. The second-order valence-electron chi connectivity index (χ2n) is 2.94. The first-order valence-electron chi connectivity index (χ1n) is 4.47. The SMILES string of the molecule is CCOc1c([N+](=O)[O-])ccc2[nH]ncc12. The molecule has 1 N–H and O–H groups in total. The Bertz CT molecular complexity index is 506. The number of aromatic amines is 1. The molecule has 0 spiro atoms. The Labute approximate surface area is 85.0 Å². The second-order valence-corrected chi connectivity index (χ2v) is 2.94. The highest BCUT2D eigenvalue weighted by atomic mass is 16.6. The maximum Gasteiger partial charge on any atom is 0.311 e. The van der Waals surface area contributed by atoms with Crippen LogP contribution in [0.4, 0.5) is 5.69 Å². The van der Waals surface area contributed by atoms with Gasteiger partial charge in [-0.15, -0.1) is 0 Å². The molecule has 0 amide bonds. The minimum absolute atomic E-state index is 0.0363. The van der Waals surface area contributed by atoms with E-state index in [1.165, 1.54) is 12.3 Å². The van der Waals surface area contributed by atoms with Crippen molar-refractivity contribution in [2.75, 3.05) is 6.61 Å². The summed E-state index contributed by atoms with van der Waals surface area (Å²) in [7, 11) is 0. The lowest BCUT2D eigenvalue weighted by Gasteiger charge is -2.04. The fourth-order valence-corrected chi connectivity index (χ4v) is 1.42. The fourth-order valence-electron chi connectivity index (χ4n) is 1.42. The molecular weight excluding hydrogens is 198 g/mol. The summed E-state index contributed by atoms with van der Waals surface area (Å²) < 4.78 is 5.27. The van der Waals surface area contributed by atoms with Crippen LogP contribution >= 0.6 is 0 Å². The van der Waals surface area contributed by atoms with Gasteiger partial charge in [-0.25, -0.2) is 0 Å². The van der Waals surface area contributed by atoms with Gasteiger partial charge in [0.2, 0.25) is 5.75 Å². The van der Waals surface area contributed by atoms with Crippen molar-refractivity contribution >= 4 is 16.6 Å². The number of fused-ring (bicyclic) bond motifs is 1. The number of nitro benzene ring substituents is 1. The molecule has 0 radical (unpaired) electrons. The molecule has 0 unspecified atom stereocenters. The van der Waals surface area contributed by atoms with E-state index in [-0.39, 0.29) is 11.4 Å². The highest BCUT2D eigenvalue weighted by Crippen LogP contribution is 2.34. The monoisotopic (exact) mass is 207 g/mol. The van der Waals surface area contributed by atoms with Crippen LogP contribution < -0.4 is 4.74 Å². The van der Waals surface area contributed by atoms with Gasteiger partial charge in [0.25, 0.3) is 0 Å². The van der Waals surface area contributed by atoms with Crippen LogP contribution in [-0.2, 0) is 0 Å². The number of nitrogens with one attached hydrogen (secondary N) is 1. The van der Waals surface area contributed by atoms with Gasteiger partial charge in [-0.05, 0) is 13.0 Å². The Balaban J connectivity index is 2.69. The Morgan fingerprint density at radius 3 is 3.07 bits per heavy atom. The highest BCUT2D eigenvalue weighted by molar-refractivity contribution is 5.88. The van der Waals surface area contributed by atoms with Crippen LogP contribution in [0.5, 0.6) is 5.75 Å². The van der Waals surface area contributed by atoms with Crippen LogP contribution in [0.15, 0.2) is 18.3 Å². The van der Waals surface area contributed by atoms with Gasteiger partial charge in [-0.2, -0.15) is 5.10 Å². The van der Waals surface area contributed by atoms with Crippen LogP contribution in [0, 0.1) is 10.1 Å². The highest BCUT2D eigenvalue weighted by Gasteiger charge is 2.18. The predicted octanol–water partition coefficient (Wildman–Crippen LogP) is 1.87. The molecule has 0 aliphatic heterocycles. The largest absolute Gasteiger partial charge is 0.487 e. The molecule has 15 heavy (non-hydrogen) atoms. The summed E-state index contributed by atoms with van der Waals surface area (Å²) in [4.78, 5) is 10.3. The van der Waals surface area contributed by atoms with E-state index in [4.69, 9.17) is 4.74 Å². The molecule has 2 rings (SSSR count). The van der Waals surface area contributed by atoms with Gasteiger partial charge in [0.15, 0.2) is 0 Å². The minimum atomic E-state index is -0.461. The summed E-state index contributed by atoms with van der Waals surface area (Å²) in [5.41, 5.74) is 0.690. The lowest BCUT2D eigenvalue weighted by atomic mass is 10.2. The number of nitro groups is 1. The third-order valence-corrected chi connectivity index (χ3v) is 2.04. The predicted molar refractivity (Wildman–Crippen MR) is 53.9 cm³/mol. The van der Waals surface area contributed by atoms with Gasteiger partial charge in [0.1, 0.15) is 0 Å². The molecule has 0 bridgehead atoms. The summed E-state index contributed by atoms with van der Waals surface area (Å²) in [6.07, 6.45) is 1.52. The van der Waals surface area contributed by atoms with Crippen molar-refractivity contribution in [3.63, 3.8) is 0 Å². The van der Waals surface area contributed by atoms with E-state index in [1.807, 2.05) is 0 Å². The molecule has 0 fully saturated rings. The van der Waals surface area contributed by atoms with E-state index in [0.29, 0.717) is 12.0 Å². The molecule has 6 nitrogen and oxygen atoms in total. The summed E-state index contributed by atoms with van der Waals surface area (Å²) in [5, 5.41) is 17.9. The first-order chi connectivity index (χ1) is 7.24. The number of benzene rings is 1. The number of H-pyrrole nitrogens is 1. The van der Waals surface area contributed by atoms with Gasteiger partial charge >= 0.3 is 5.69 Å². The van der Waals surface area contributed by atoms with Crippen LogP contribution in [0.2, 0.25) is 0 Å². The van der Waals surface area contributed by atoms with Crippen LogP contribution in [-0.4, -0.2) is 21.7 Å². The van der Waals surface area contributed by atoms with E-state index in [0.717, 1.165) is 5.52 Å². The lowest BCUT2D eigenvalue weighted by Crippen LogP contribution is -1.97. The van der Waals surface area contributed by atoms with Crippen LogP contribution in [0.25, 0.3) is 10.9 Å². The number of aromatic nitrogens is 2. The molecule has 0 saturated heterocycles. The van der Waals surface area contributed by atoms with Crippen molar-refractivity contribution in [2.45, 2.75) is 6.92 Å². The van der Waals surface area contributed by atoms with Crippen molar-refractivity contribution in [1.82, 2.24) is 10.2 Å². The zero-order valence-corrected chi connectivity index (χ0v) is 8.06. The lowest BCUT2D eigenvalue weighted by molar-refractivity contribution is -0.385. The Morgan fingerprint density at radius 2 is 2.40 bits per heavy atom. The van der Waals surface area contributed by atoms with E-state index in [1.54, 1.807) is 13.0 Å². The zero-order valence-electron chi connectivity index (χ0n) is 8.06. The molecule has 2 aromatic rings. The first-order valence-corrected chi connectivity index (χ1v) is 4.47. The number of hydrogen-bond acceptors (Lipinski definition) is 4. The van der Waals surface area contributed by atoms with Gasteiger partial charge in [0.05, 0.1) is 28.6 Å². The summed E-state index contributed by atoms with van der Waals surface area (Å²) >= 11 is 0. The van der Waals surface area contributed by atoms with E-state index >= 15 is 0 Å². The quantitative estimate of drug-likeness (QED) is 0.615. The Hall–Kier alpha value is -2.11. The number of ether oxygens (including phenoxy) is 1. The van der Waals surface area contributed by atoms with Gasteiger partial charge in [0, 0.05) is 6.07 Å². The molecule has 0 aliphatic carbocycles. The van der Waals surface area contributed by atoms with Gasteiger partial charge in [-0.3, -0.25) is 15.2 Å². The third kappa shape index (κ3) is 1.50. The molecule has 6 heteroatoms. The molecule has 1 aromatic carbocycles. The van der Waals surface area contributed by atoms with Crippen LogP contribution in [0.3, 0.4) is 0 Å². The molecule has 78 valence electrons. The minimum Gasteiger partial charge on any atom is -0.487 e.